The van der Waals surface area contributed by atoms with Crippen LogP contribution < -0.4 is 10.6 Å². The van der Waals surface area contributed by atoms with E-state index in [9.17, 15) is 9.59 Å². The van der Waals surface area contributed by atoms with Crippen LogP contribution in [0.2, 0.25) is 0 Å². The van der Waals surface area contributed by atoms with Gasteiger partial charge >= 0.3 is 12.0 Å². The van der Waals surface area contributed by atoms with Gasteiger partial charge in [0.15, 0.2) is 0 Å². The van der Waals surface area contributed by atoms with Gasteiger partial charge in [-0.15, -0.1) is 0 Å². The van der Waals surface area contributed by atoms with Gasteiger partial charge in [-0.1, -0.05) is 19.3 Å². The highest BCUT2D eigenvalue weighted by Crippen LogP contribution is 2.17. The summed E-state index contributed by atoms with van der Waals surface area (Å²) in [7, 11) is 0. The number of piperidine rings is 1. The minimum Gasteiger partial charge on any atom is -0.481 e. The summed E-state index contributed by atoms with van der Waals surface area (Å²) in [6, 6.07) is 0.523. The summed E-state index contributed by atoms with van der Waals surface area (Å²) in [6.07, 6.45) is 7.91. The summed E-state index contributed by atoms with van der Waals surface area (Å²) in [5, 5.41) is 14.8. The Morgan fingerprint density at radius 3 is 2.10 bits per heavy atom. The maximum absolute atomic E-state index is 12.0. The molecule has 2 aliphatic rings. The van der Waals surface area contributed by atoms with Crippen LogP contribution in [0, 0.1) is 0 Å². The molecule has 0 spiro atoms. The Hall–Kier alpha value is -1.30. The standard InChI is InChI=1S/C15H27N3O3/c19-14(20)8-11-18-9-6-13(7-10-18)17-15(21)16-12-4-2-1-3-5-12/h12-13H,1-11H2,(H,19,20)(H2,16,17,21). The van der Waals surface area contributed by atoms with E-state index in [0.717, 1.165) is 38.8 Å². The highest BCUT2D eigenvalue weighted by atomic mass is 16.4. The molecule has 2 fully saturated rings. The molecule has 6 heteroatoms. The smallest absolute Gasteiger partial charge is 0.315 e. The zero-order chi connectivity index (χ0) is 15.1. The number of carbonyl (C=O) groups is 2. The van der Waals surface area contributed by atoms with Gasteiger partial charge in [-0.3, -0.25) is 4.79 Å². The van der Waals surface area contributed by atoms with Gasteiger partial charge in [0.2, 0.25) is 0 Å². The molecule has 21 heavy (non-hydrogen) atoms. The number of urea groups is 1. The highest BCUT2D eigenvalue weighted by molar-refractivity contribution is 5.74. The number of likely N-dealkylation sites (tertiary alicyclic amines) is 1. The number of amides is 2. The molecule has 120 valence electrons. The molecule has 0 aromatic heterocycles. The maximum Gasteiger partial charge on any atom is 0.315 e. The van der Waals surface area contributed by atoms with Crippen LogP contribution in [0.25, 0.3) is 0 Å². The fourth-order valence-corrected chi connectivity index (χ4v) is 3.21. The fraction of sp³-hybridized carbons (Fsp3) is 0.867. The second-order valence-corrected chi connectivity index (χ2v) is 6.21. The number of hydrogen-bond acceptors (Lipinski definition) is 3. The highest BCUT2D eigenvalue weighted by Gasteiger charge is 2.22. The topological polar surface area (TPSA) is 81.7 Å². The summed E-state index contributed by atoms with van der Waals surface area (Å²) < 4.78 is 0. The van der Waals surface area contributed by atoms with Gasteiger partial charge in [-0.25, -0.2) is 4.79 Å². The van der Waals surface area contributed by atoms with E-state index in [1.807, 2.05) is 0 Å². The second-order valence-electron chi connectivity index (χ2n) is 6.21. The molecule has 3 N–H and O–H groups in total. The molecule has 1 heterocycles. The lowest BCUT2D eigenvalue weighted by Gasteiger charge is -2.32. The van der Waals surface area contributed by atoms with E-state index in [0.29, 0.717) is 12.6 Å². The first-order valence-corrected chi connectivity index (χ1v) is 8.14. The van der Waals surface area contributed by atoms with Gasteiger partial charge in [0.25, 0.3) is 0 Å². The van der Waals surface area contributed by atoms with Gasteiger partial charge in [0.1, 0.15) is 0 Å². The molecule has 0 radical (unpaired) electrons. The van der Waals surface area contributed by atoms with Crippen molar-refractivity contribution in [3.8, 4) is 0 Å². The molecule has 0 aromatic rings. The summed E-state index contributed by atoms with van der Waals surface area (Å²) in [5.74, 6) is -0.748. The van der Waals surface area contributed by atoms with Crippen molar-refractivity contribution in [1.82, 2.24) is 15.5 Å². The van der Waals surface area contributed by atoms with Crippen molar-refractivity contribution in [1.29, 1.82) is 0 Å². The van der Waals surface area contributed by atoms with E-state index in [1.165, 1.54) is 19.3 Å². The Morgan fingerprint density at radius 1 is 0.952 bits per heavy atom. The first-order chi connectivity index (χ1) is 10.1. The normalized spacial score (nSPS) is 21.9. The lowest BCUT2D eigenvalue weighted by Crippen LogP contribution is -2.50. The molecule has 6 nitrogen and oxygen atoms in total. The van der Waals surface area contributed by atoms with Gasteiger partial charge in [-0.2, -0.15) is 0 Å². The Bertz CT molecular complexity index is 348. The number of carboxylic acids is 1. The van der Waals surface area contributed by atoms with E-state index < -0.39 is 5.97 Å². The monoisotopic (exact) mass is 297 g/mol. The molecule has 1 aliphatic carbocycles. The number of rotatable bonds is 5. The van der Waals surface area contributed by atoms with Gasteiger partial charge in [0, 0.05) is 31.7 Å². The molecule has 1 saturated carbocycles. The molecule has 1 saturated heterocycles. The van der Waals surface area contributed by atoms with Crippen LogP contribution in [0.15, 0.2) is 0 Å². The van der Waals surface area contributed by atoms with Crippen molar-refractivity contribution < 1.29 is 14.7 Å². The van der Waals surface area contributed by atoms with Crippen LogP contribution in [-0.4, -0.2) is 53.7 Å². The predicted molar refractivity (Wildman–Crippen MR) is 80.3 cm³/mol. The van der Waals surface area contributed by atoms with Gasteiger partial charge in [-0.05, 0) is 25.7 Å². The zero-order valence-corrected chi connectivity index (χ0v) is 12.6. The summed E-state index contributed by atoms with van der Waals surface area (Å²) in [4.78, 5) is 24.7. The van der Waals surface area contributed by atoms with E-state index in [2.05, 4.69) is 15.5 Å². The molecule has 2 rings (SSSR count). The lowest BCUT2D eigenvalue weighted by molar-refractivity contribution is -0.137. The van der Waals surface area contributed by atoms with Crippen molar-refractivity contribution in [2.75, 3.05) is 19.6 Å². The molecular weight excluding hydrogens is 270 g/mol. The van der Waals surface area contributed by atoms with Gasteiger partial charge < -0.3 is 20.6 Å². The predicted octanol–water partition coefficient (Wildman–Crippen LogP) is 1.56. The SMILES string of the molecule is O=C(O)CCN1CCC(NC(=O)NC2CCCCC2)CC1. The van der Waals surface area contributed by atoms with Crippen LogP contribution in [0.5, 0.6) is 0 Å². The molecule has 0 atom stereocenters. The minimum absolute atomic E-state index is 0.0362. The maximum atomic E-state index is 12.0. The first-order valence-electron chi connectivity index (χ1n) is 8.14. The number of nitrogens with zero attached hydrogens (tertiary/aromatic N) is 1. The molecular formula is C15H27N3O3. The summed E-state index contributed by atoms with van der Waals surface area (Å²) >= 11 is 0. The third kappa shape index (κ3) is 5.91. The quantitative estimate of drug-likeness (QED) is 0.719. The second kappa shape index (κ2) is 8.22. The number of nitrogens with one attached hydrogen (secondary N) is 2. The van der Waals surface area contributed by atoms with E-state index in [1.54, 1.807) is 0 Å². The van der Waals surface area contributed by atoms with Crippen LogP contribution in [0.3, 0.4) is 0 Å². The number of carbonyl (C=O) groups excluding carboxylic acids is 1. The molecule has 2 amide bonds. The Labute approximate surface area is 126 Å². The molecule has 0 unspecified atom stereocenters. The average molecular weight is 297 g/mol. The lowest BCUT2D eigenvalue weighted by atomic mass is 9.96. The number of hydrogen-bond donors (Lipinski definition) is 3. The summed E-state index contributed by atoms with van der Waals surface area (Å²) in [5.41, 5.74) is 0. The number of aliphatic carboxylic acids is 1. The van der Waals surface area contributed by atoms with Crippen molar-refractivity contribution in [2.45, 2.75) is 63.5 Å². The van der Waals surface area contributed by atoms with E-state index in [-0.39, 0.29) is 18.5 Å². The molecule has 0 aromatic carbocycles. The summed E-state index contributed by atoms with van der Waals surface area (Å²) in [6.45, 7) is 2.33. The fourth-order valence-electron chi connectivity index (χ4n) is 3.21. The Kier molecular flexibility index (Phi) is 6.29. The molecule has 0 bridgehead atoms. The van der Waals surface area contributed by atoms with E-state index in [4.69, 9.17) is 5.11 Å². The van der Waals surface area contributed by atoms with Crippen LogP contribution in [0.1, 0.15) is 51.4 Å². The average Bonchev–Trinajstić information content (AvgIpc) is 2.47. The largest absolute Gasteiger partial charge is 0.481 e. The Morgan fingerprint density at radius 2 is 1.52 bits per heavy atom. The minimum atomic E-state index is -0.748. The van der Waals surface area contributed by atoms with Gasteiger partial charge in [0.05, 0.1) is 6.42 Å². The third-order valence-corrected chi connectivity index (χ3v) is 4.51. The van der Waals surface area contributed by atoms with Crippen molar-refractivity contribution >= 4 is 12.0 Å². The van der Waals surface area contributed by atoms with E-state index >= 15 is 0 Å². The van der Waals surface area contributed by atoms with Crippen molar-refractivity contribution in [2.24, 2.45) is 0 Å². The first kappa shape index (κ1) is 16.1. The van der Waals surface area contributed by atoms with Crippen molar-refractivity contribution in [3.05, 3.63) is 0 Å². The van der Waals surface area contributed by atoms with Crippen LogP contribution >= 0.6 is 0 Å². The van der Waals surface area contributed by atoms with Crippen molar-refractivity contribution in [3.63, 3.8) is 0 Å². The number of carboxylic acid groups (broad SMARTS) is 1. The third-order valence-electron chi connectivity index (χ3n) is 4.51. The molecule has 1 aliphatic heterocycles. The van der Waals surface area contributed by atoms with Crippen LogP contribution in [-0.2, 0) is 4.79 Å². The zero-order valence-electron chi connectivity index (χ0n) is 12.6. The Balaban J connectivity index is 1.61. The van der Waals surface area contributed by atoms with Crippen LogP contribution in [0.4, 0.5) is 4.79 Å².